The summed E-state index contributed by atoms with van der Waals surface area (Å²) in [6.45, 7) is 1.91. The molecule has 0 spiro atoms. The number of alkyl halides is 1. The van der Waals surface area contributed by atoms with Crippen molar-refractivity contribution in [1.82, 2.24) is 19.8 Å². The Morgan fingerprint density at radius 1 is 1.26 bits per heavy atom. The van der Waals surface area contributed by atoms with Crippen molar-refractivity contribution in [2.75, 3.05) is 5.32 Å². The summed E-state index contributed by atoms with van der Waals surface area (Å²) in [5.41, 5.74) is 4.79. The number of aryl methyl sites for hydroxylation is 1. The third-order valence-electron chi connectivity index (χ3n) is 6.05. The Bertz CT molecular complexity index is 1320. The van der Waals surface area contributed by atoms with E-state index in [1.807, 2.05) is 31.3 Å². The molecule has 2 saturated carbocycles. The van der Waals surface area contributed by atoms with Crippen molar-refractivity contribution in [1.29, 1.82) is 0 Å². The van der Waals surface area contributed by atoms with Crippen LogP contribution >= 0.6 is 0 Å². The minimum absolute atomic E-state index is 0.235. The summed E-state index contributed by atoms with van der Waals surface area (Å²) >= 11 is 0. The van der Waals surface area contributed by atoms with Crippen molar-refractivity contribution in [3.63, 3.8) is 0 Å². The summed E-state index contributed by atoms with van der Waals surface area (Å²) in [5, 5.41) is 11.3. The van der Waals surface area contributed by atoms with Gasteiger partial charge in [0, 0.05) is 17.4 Å². The number of hydrogen-bond donors (Lipinski definition) is 1. The van der Waals surface area contributed by atoms with Crippen LogP contribution in [0, 0.1) is 6.92 Å². The summed E-state index contributed by atoms with van der Waals surface area (Å²) in [4.78, 5) is 17.3. The van der Waals surface area contributed by atoms with Crippen LogP contribution < -0.4 is 5.32 Å². The van der Waals surface area contributed by atoms with E-state index in [9.17, 15) is 9.18 Å². The maximum Gasteiger partial charge on any atom is 0.259 e. The lowest BCUT2D eigenvalue weighted by Gasteiger charge is -2.09. The van der Waals surface area contributed by atoms with E-state index in [-0.39, 0.29) is 11.8 Å². The van der Waals surface area contributed by atoms with E-state index >= 15 is 0 Å². The third kappa shape index (κ3) is 3.28. The molecule has 0 unspecified atom stereocenters. The molecule has 0 radical (unpaired) electrons. The fourth-order valence-electron chi connectivity index (χ4n) is 3.84. The molecule has 156 valence electrons. The highest BCUT2D eigenvalue weighted by Crippen LogP contribution is 2.43. The molecule has 4 aromatic rings. The van der Waals surface area contributed by atoms with Gasteiger partial charge in [0.1, 0.15) is 6.17 Å². The molecule has 2 aliphatic rings. The van der Waals surface area contributed by atoms with Crippen molar-refractivity contribution in [3.8, 4) is 11.4 Å². The Hall–Kier alpha value is -3.55. The maximum atomic E-state index is 13.3. The van der Waals surface area contributed by atoms with E-state index in [2.05, 4.69) is 26.6 Å². The van der Waals surface area contributed by atoms with E-state index in [1.54, 1.807) is 16.8 Å². The molecule has 1 amide bonds. The van der Waals surface area contributed by atoms with Crippen LogP contribution in [0.15, 0.2) is 47.2 Å². The SMILES string of the molecule is Cc1ccc(-c2noc([C@H]3C[C@@H]3F)n2)cc1NC(=O)c1cnn2cc(C3CC3)ccc12. The first-order valence-electron chi connectivity index (χ1n) is 10.4. The number of carbonyl (C=O) groups is 1. The van der Waals surface area contributed by atoms with Gasteiger partial charge >= 0.3 is 0 Å². The Kier molecular flexibility index (Phi) is 3.96. The number of amides is 1. The molecule has 2 fully saturated rings. The molecule has 3 heterocycles. The maximum absolute atomic E-state index is 13.3. The van der Waals surface area contributed by atoms with Gasteiger partial charge in [-0.05, 0) is 55.4 Å². The Labute approximate surface area is 177 Å². The van der Waals surface area contributed by atoms with Gasteiger partial charge in [-0.15, -0.1) is 0 Å². The molecule has 6 rings (SSSR count). The average molecular weight is 417 g/mol. The fourth-order valence-corrected chi connectivity index (χ4v) is 3.84. The second-order valence-corrected chi connectivity index (χ2v) is 8.42. The molecule has 0 saturated heterocycles. The molecular weight excluding hydrogens is 397 g/mol. The van der Waals surface area contributed by atoms with Crippen LogP contribution in [0.2, 0.25) is 0 Å². The van der Waals surface area contributed by atoms with Gasteiger partial charge < -0.3 is 9.84 Å². The quantitative estimate of drug-likeness (QED) is 0.511. The van der Waals surface area contributed by atoms with E-state index in [0.717, 1.165) is 11.1 Å². The molecular formula is C23H20FN5O2. The van der Waals surface area contributed by atoms with Crippen molar-refractivity contribution in [3.05, 3.63) is 65.3 Å². The van der Waals surface area contributed by atoms with Crippen LogP contribution in [0.3, 0.4) is 0 Å². The topological polar surface area (TPSA) is 85.3 Å². The fraction of sp³-hybridized carbons (Fsp3) is 0.304. The van der Waals surface area contributed by atoms with Gasteiger partial charge in [-0.2, -0.15) is 10.1 Å². The number of nitrogens with zero attached hydrogens (tertiary/aromatic N) is 4. The molecule has 1 aromatic carbocycles. The first-order chi connectivity index (χ1) is 15.1. The van der Waals surface area contributed by atoms with Crippen LogP contribution in [-0.4, -0.2) is 31.8 Å². The summed E-state index contributed by atoms with van der Waals surface area (Å²) < 4.78 is 20.2. The normalized spacial score (nSPS) is 20.2. The molecule has 7 nitrogen and oxygen atoms in total. The van der Waals surface area contributed by atoms with Crippen LogP contribution in [0.5, 0.6) is 0 Å². The molecule has 8 heteroatoms. The van der Waals surface area contributed by atoms with E-state index in [4.69, 9.17) is 4.52 Å². The minimum Gasteiger partial charge on any atom is -0.339 e. The Morgan fingerprint density at radius 2 is 2.10 bits per heavy atom. The summed E-state index contributed by atoms with van der Waals surface area (Å²) in [6.07, 6.45) is 5.56. The van der Waals surface area contributed by atoms with E-state index in [1.165, 1.54) is 18.4 Å². The first-order valence-corrected chi connectivity index (χ1v) is 10.4. The number of anilines is 1. The largest absolute Gasteiger partial charge is 0.339 e. The molecule has 3 aromatic heterocycles. The second kappa shape index (κ2) is 6.73. The summed E-state index contributed by atoms with van der Waals surface area (Å²) in [7, 11) is 0. The zero-order valence-electron chi connectivity index (χ0n) is 16.9. The standard InChI is InChI=1S/C23H20FN5O2/c1-12-2-3-14(21-27-23(31-28-21)16-9-18(16)24)8-19(12)26-22(30)17-10-25-29-11-15(13-4-5-13)6-7-20(17)29/h2-3,6-8,10-11,13,16,18H,4-5,9H2,1H3,(H,26,30)/t16-,18-/m0/s1. The molecule has 2 atom stereocenters. The van der Waals surface area contributed by atoms with Crippen molar-refractivity contribution in [2.24, 2.45) is 0 Å². The van der Waals surface area contributed by atoms with Crippen molar-refractivity contribution in [2.45, 2.75) is 44.2 Å². The van der Waals surface area contributed by atoms with Crippen LogP contribution in [-0.2, 0) is 0 Å². The smallest absolute Gasteiger partial charge is 0.259 e. The lowest BCUT2D eigenvalue weighted by molar-refractivity contribution is 0.102. The number of carbonyl (C=O) groups excluding carboxylic acids is 1. The average Bonchev–Trinajstić information content (AvgIpc) is 3.65. The van der Waals surface area contributed by atoms with Gasteiger partial charge in [-0.25, -0.2) is 8.91 Å². The number of benzene rings is 1. The first kappa shape index (κ1) is 18.2. The third-order valence-corrected chi connectivity index (χ3v) is 6.05. The number of rotatable bonds is 5. The van der Waals surface area contributed by atoms with Crippen LogP contribution in [0.1, 0.15) is 58.5 Å². The number of nitrogens with one attached hydrogen (secondary N) is 1. The number of pyridine rings is 1. The molecule has 2 aliphatic carbocycles. The lowest BCUT2D eigenvalue weighted by Crippen LogP contribution is -2.12. The zero-order chi connectivity index (χ0) is 21.1. The van der Waals surface area contributed by atoms with Gasteiger partial charge in [0.25, 0.3) is 5.91 Å². The van der Waals surface area contributed by atoms with Crippen LogP contribution in [0.25, 0.3) is 16.9 Å². The summed E-state index contributed by atoms with van der Waals surface area (Å²) in [5.74, 6) is 0.805. The summed E-state index contributed by atoms with van der Waals surface area (Å²) in [6, 6.07) is 9.57. The Balaban J connectivity index is 1.26. The number of halogens is 1. The predicted octanol–water partition coefficient (Wildman–Crippen LogP) is 4.65. The molecule has 0 bridgehead atoms. The predicted molar refractivity (Wildman–Crippen MR) is 112 cm³/mol. The van der Waals surface area contributed by atoms with E-state index in [0.29, 0.717) is 40.9 Å². The van der Waals surface area contributed by atoms with Gasteiger partial charge in [-0.1, -0.05) is 23.4 Å². The molecule has 0 aliphatic heterocycles. The van der Waals surface area contributed by atoms with Crippen molar-refractivity contribution >= 4 is 17.1 Å². The lowest BCUT2D eigenvalue weighted by atomic mass is 10.1. The second-order valence-electron chi connectivity index (χ2n) is 8.42. The highest BCUT2D eigenvalue weighted by atomic mass is 19.1. The number of fused-ring (bicyclic) bond motifs is 1. The number of hydrogen-bond acceptors (Lipinski definition) is 5. The number of aromatic nitrogens is 4. The minimum atomic E-state index is -0.896. The molecule has 31 heavy (non-hydrogen) atoms. The van der Waals surface area contributed by atoms with Gasteiger partial charge in [-0.3, -0.25) is 4.79 Å². The van der Waals surface area contributed by atoms with Crippen molar-refractivity contribution < 1.29 is 13.7 Å². The zero-order valence-corrected chi connectivity index (χ0v) is 16.9. The van der Waals surface area contributed by atoms with Gasteiger partial charge in [0.2, 0.25) is 11.7 Å². The molecule has 1 N–H and O–H groups in total. The monoisotopic (exact) mass is 417 g/mol. The van der Waals surface area contributed by atoms with Crippen LogP contribution in [0.4, 0.5) is 10.1 Å². The van der Waals surface area contributed by atoms with Gasteiger partial charge in [0.15, 0.2) is 0 Å². The van der Waals surface area contributed by atoms with E-state index < -0.39 is 6.17 Å². The highest BCUT2D eigenvalue weighted by Gasteiger charge is 2.43. The van der Waals surface area contributed by atoms with Gasteiger partial charge in [0.05, 0.1) is 23.2 Å². The highest BCUT2D eigenvalue weighted by molar-refractivity contribution is 6.09. The Morgan fingerprint density at radius 3 is 2.87 bits per heavy atom.